The van der Waals surface area contributed by atoms with Gasteiger partial charge in [0.25, 0.3) is 0 Å². The van der Waals surface area contributed by atoms with Gasteiger partial charge in [-0.15, -0.1) is 0 Å². The van der Waals surface area contributed by atoms with Crippen molar-refractivity contribution >= 4 is 17.7 Å². The van der Waals surface area contributed by atoms with E-state index in [4.69, 9.17) is 15.6 Å². The topological polar surface area (TPSA) is 105 Å². The van der Waals surface area contributed by atoms with Crippen LogP contribution in [0.25, 0.3) is 0 Å². The zero-order valence-corrected chi connectivity index (χ0v) is 17.4. The van der Waals surface area contributed by atoms with Gasteiger partial charge < -0.3 is 25.8 Å². The van der Waals surface area contributed by atoms with E-state index in [1.54, 1.807) is 50.9 Å². The van der Waals surface area contributed by atoms with E-state index in [0.717, 1.165) is 0 Å². The quantitative estimate of drug-likeness (QED) is 0.573. The Bertz CT molecular complexity index is 765. The SMILES string of the molecule is CN(CC(CCC(N)=O)NC(=O)OC(C)(C)C)c1cccc(C#CCCO)c1F. The van der Waals surface area contributed by atoms with Crippen LogP contribution < -0.4 is 16.0 Å². The highest BCUT2D eigenvalue weighted by Gasteiger charge is 2.22. The molecule has 0 saturated heterocycles. The molecule has 1 atom stereocenters. The van der Waals surface area contributed by atoms with Crippen LogP contribution in [-0.2, 0) is 9.53 Å². The number of amides is 2. The number of primary amides is 1. The number of hydrogen-bond donors (Lipinski definition) is 3. The fraction of sp³-hybridized carbons (Fsp3) is 0.524. The number of hydrogen-bond acceptors (Lipinski definition) is 5. The number of halogens is 1. The van der Waals surface area contributed by atoms with E-state index in [1.165, 1.54) is 0 Å². The van der Waals surface area contributed by atoms with Gasteiger partial charge in [0.1, 0.15) is 5.60 Å². The molecule has 2 amide bonds. The van der Waals surface area contributed by atoms with Gasteiger partial charge in [-0.1, -0.05) is 17.9 Å². The Balaban J connectivity index is 2.95. The van der Waals surface area contributed by atoms with Crippen LogP contribution in [0, 0.1) is 17.7 Å². The molecule has 0 aliphatic heterocycles. The lowest BCUT2D eigenvalue weighted by Crippen LogP contribution is -2.45. The summed E-state index contributed by atoms with van der Waals surface area (Å²) in [5.74, 6) is 4.41. The number of likely N-dealkylation sites (N-methyl/N-ethyl adjacent to an activating group) is 1. The van der Waals surface area contributed by atoms with Crippen molar-refractivity contribution in [3.05, 3.63) is 29.6 Å². The van der Waals surface area contributed by atoms with E-state index in [2.05, 4.69) is 17.2 Å². The highest BCUT2D eigenvalue weighted by molar-refractivity contribution is 5.74. The van der Waals surface area contributed by atoms with Crippen LogP contribution in [0.1, 0.15) is 45.6 Å². The van der Waals surface area contributed by atoms with Gasteiger partial charge in [0.15, 0.2) is 5.82 Å². The third kappa shape index (κ3) is 9.30. The summed E-state index contributed by atoms with van der Waals surface area (Å²) in [5.41, 5.74) is 5.08. The average Bonchev–Trinajstić information content (AvgIpc) is 2.59. The molecule has 1 unspecified atom stereocenters. The van der Waals surface area contributed by atoms with Crippen LogP contribution >= 0.6 is 0 Å². The smallest absolute Gasteiger partial charge is 0.407 e. The van der Waals surface area contributed by atoms with Crippen molar-refractivity contribution in [1.82, 2.24) is 5.32 Å². The first-order valence-corrected chi connectivity index (χ1v) is 9.40. The summed E-state index contributed by atoms with van der Waals surface area (Å²) in [6.07, 6.45) is -0.00132. The van der Waals surface area contributed by atoms with Crippen molar-refractivity contribution in [2.24, 2.45) is 5.73 Å². The number of carbonyl (C=O) groups is 2. The first-order chi connectivity index (χ1) is 13.5. The summed E-state index contributed by atoms with van der Waals surface area (Å²) in [6.45, 7) is 5.38. The van der Waals surface area contributed by atoms with Crippen LogP contribution in [0.3, 0.4) is 0 Å². The maximum atomic E-state index is 14.8. The number of alkyl carbamates (subject to hydrolysis) is 1. The monoisotopic (exact) mass is 407 g/mol. The fourth-order valence-electron chi connectivity index (χ4n) is 2.55. The van der Waals surface area contributed by atoms with Crippen molar-refractivity contribution in [2.75, 3.05) is 25.1 Å². The molecule has 0 spiro atoms. The van der Waals surface area contributed by atoms with Gasteiger partial charge in [0.05, 0.1) is 23.9 Å². The van der Waals surface area contributed by atoms with E-state index < -0.39 is 29.5 Å². The molecule has 1 rings (SSSR count). The highest BCUT2D eigenvalue weighted by atomic mass is 19.1. The minimum atomic E-state index is -0.669. The minimum Gasteiger partial charge on any atom is -0.444 e. The van der Waals surface area contributed by atoms with Gasteiger partial charge in [-0.05, 0) is 39.3 Å². The fourth-order valence-corrected chi connectivity index (χ4v) is 2.55. The van der Waals surface area contributed by atoms with Gasteiger partial charge in [0, 0.05) is 26.4 Å². The Morgan fingerprint density at radius 2 is 2.07 bits per heavy atom. The molecule has 160 valence electrons. The Labute approximate surface area is 171 Å². The molecule has 1 aromatic carbocycles. The number of benzene rings is 1. The molecule has 0 fully saturated rings. The van der Waals surface area contributed by atoms with E-state index in [1.807, 2.05) is 0 Å². The Morgan fingerprint density at radius 3 is 2.66 bits per heavy atom. The summed E-state index contributed by atoms with van der Waals surface area (Å²) < 4.78 is 20.1. The molecule has 0 radical (unpaired) electrons. The normalized spacial score (nSPS) is 11.8. The molecule has 0 aliphatic carbocycles. The molecule has 0 heterocycles. The first kappa shape index (κ1) is 24.2. The summed E-state index contributed by atoms with van der Waals surface area (Å²) in [6, 6.07) is 4.36. The lowest BCUT2D eigenvalue weighted by Gasteiger charge is -2.28. The number of ether oxygens (including phenoxy) is 1. The number of anilines is 1. The third-order valence-electron chi connectivity index (χ3n) is 3.80. The van der Waals surface area contributed by atoms with E-state index in [9.17, 15) is 14.0 Å². The summed E-state index contributed by atoms with van der Waals surface area (Å²) >= 11 is 0. The maximum Gasteiger partial charge on any atom is 0.407 e. The van der Waals surface area contributed by atoms with Gasteiger partial charge >= 0.3 is 6.09 Å². The second-order valence-corrected chi connectivity index (χ2v) is 7.64. The van der Waals surface area contributed by atoms with Gasteiger partial charge in [-0.2, -0.15) is 0 Å². The van der Waals surface area contributed by atoms with E-state index in [0.29, 0.717) is 5.69 Å². The summed E-state index contributed by atoms with van der Waals surface area (Å²) in [7, 11) is 1.68. The summed E-state index contributed by atoms with van der Waals surface area (Å²) in [4.78, 5) is 24.9. The summed E-state index contributed by atoms with van der Waals surface area (Å²) in [5, 5.41) is 11.5. The molecular weight excluding hydrogens is 377 g/mol. The van der Waals surface area contributed by atoms with Gasteiger partial charge in [-0.3, -0.25) is 4.79 Å². The molecule has 1 aromatic rings. The molecule has 4 N–H and O–H groups in total. The Hall–Kier alpha value is -2.79. The standard InChI is InChI=1S/C21H30FN3O4/c1-21(2,3)29-20(28)24-16(11-12-18(23)27)14-25(4)17-10-7-9-15(19(17)22)8-5-6-13-26/h7,9-10,16,26H,6,11-14H2,1-4H3,(H2,23,27)(H,24,28). The van der Waals surface area contributed by atoms with Gasteiger partial charge in [0.2, 0.25) is 5.91 Å². The zero-order chi connectivity index (χ0) is 22.0. The number of carbonyl (C=O) groups excluding carboxylic acids is 2. The number of aliphatic hydroxyl groups excluding tert-OH is 1. The molecule has 7 nitrogen and oxygen atoms in total. The molecule has 0 bridgehead atoms. The lowest BCUT2D eigenvalue weighted by molar-refractivity contribution is -0.118. The molecule has 29 heavy (non-hydrogen) atoms. The first-order valence-electron chi connectivity index (χ1n) is 9.40. The van der Waals surface area contributed by atoms with Crippen molar-refractivity contribution in [2.45, 2.75) is 51.7 Å². The van der Waals surface area contributed by atoms with E-state index >= 15 is 0 Å². The largest absolute Gasteiger partial charge is 0.444 e. The lowest BCUT2D eigenvalue weighted by atomic mass is 10.1. The Kier molecular flexibility index (Phi) is 9.42. The molecule has 8 heteroatoms. The Morgan fingerprint density at radius 1 is 1.38 bits per heavy atom. The number of nitrogens with zero attached hydrogens (tertiary/aromatic N) is 1. The third-order valence-corrected chi connectivity index (χ3v) is 3.80. The van der Waals surface area contributed by atoms with Crippen LogP contribution in [0.4, 0.5) is 14.9 Å². The number of rotatable bonds is 8. The molecule has 0 saturated carbocycles. The maximum absolute atomic E-state index is 14.8. The van der Waals surface area contributed by atoms with Crippen LogP contribution in [0.15, 0.2) is 18.2 Å². The predicted octanol–water partition coefficient (Wildman–Crippen LogP) is 2.15. The van der Waals surface area contributed by atoms with Crippen molar-refractivity contribution < 1.29 is 23.8 Å². The zero-order valence-electron chi connectivity index (χ0n) is 17.4. The number of aliphatic hydroxyl groups is 1. The second kappa shape index (κ2) is 11.3. The minimum absolute atomic E-state index is 0.0729. The van der Waals surface area contributed by atoms with E-state index in [-0.39, 0.29) is 38.0 Å². The second-order valence-electron chi connectivity index (χ2n) is 7.64. The molecule has 0 aliphatic rings. The van der Waals surface area contributed by atoms with Crippen LogP contribution in [0.2, 0.25) is 0 Å². The van der Waals surface area contributed by atoms with Crippen molar-refractivity contribution in [3.8, 4) is 11.8 Å². The molecular formula is C21H30FN3O4. The number of nitrogens with one attached hydrogen (secondary N) is 1. The van der Waals surface area contributed by atoms with Gasteiger partial charge in [-0.25, -0.2) is 9.18 Å². The predicted molar refractivity (Wildman–Crippen MR) is 110 cm³/mol. The highest BCUT2D eigenvalue weighted by Crippen LogP contribution is 2.21. The van der Waals surface area contributed by atoms with Crippen LogP contribution in [0.5, 0.6) is 0 Å². The van der Waals surface area contributed by atoms with Crippen LogP contribution in [-0.4, -0.2) is 48.9 Å². The number of nitrogens with two attached hydrogens (primary N) is 1. The molecule has 0 aromatic heterocycles. The van der Waals surface area contributed by atoms with Crippen molar-refractivity contribution in [1.29, 1.82) is 0 Å². The van der Waals surface area contributed by atoms with Crippen molar-refractivity contribution in [3.63, 3.8) is 0 Å². The average molecular weight is 407 g/mol.